The lowest BCUT2D eigenvalue weighted by molar-refractivity contribution is 0.137. The second kappa shape index (κ2) is 4.74. The summed E-state index contributed by atoms with van der Waals surface area (Å²) in [5.74, 6) is 0. The van der Waals surface area contributed by atoms with Crippen molar-refractivity contribution in [3.05, 3.63) is 33.8 Å². The van der Waals surface area contributed by atoms with Crippen molar-refractivity contribution in [2.24, 2.45) is 0 Å². The van der Waals surface area contributed by atoms with Crippen LogP contribution in [0, 0.1) is 13.8 Å². The molecule has 2 unspecified atom stereocenters. The van der Waals surface area contributed by atoms with Crippen LogP contribution in [0.3, 0.4) is 0 Å². The van der Waals surface area contributed by atoms with E-state index in [2.05, 4.69) is 5.32 Å². The predicted molar refractivity (Wildman–Crippen MR) is 66.9 cm³/mol. The average molecular weight is 240 g/mol. The quantitative estimate of drug-likeness (QED) is 0.832. The highest BCUT2D eigenvalue weighted by atomic mass is 35.5. The molecule has 1 aromatic rings. The van der Waals surface area contributed by atoms with E-state index >= 15 is 0 Å². The van der Waals surface area contributed by atoms with Gasteiger partial charge in [0, 0.05) is 11.1 Å². The number of aliphatic hydroxyl groups excluding tert-OH is 1. The molecule has 1 heterocycles. The number of rotatable bonds is 2. The first-order valence-electron chi connectivity index (χ1n) is 5.77. The number of aryl methyl sites for hydroxylation is 2. The largest absolute Gasteiger partial charge is 0.387 e. The number of aliphatic hydroxyl groups is 1. The Bertz CT molecular complexity index is 386. The zero-order chi connectivity index (χ0) is 11.7. The Balaban J connectivity index is 2.28. The third-order valence-corrected chi connectivity index (χ3v) is 3.75. The van der Waals surface area contributed by atoms with Crippen LogP contribution in [-0.4, -0.2) is 17.7 Å². The number of halogens is 1. The maximum absolute atomic E-state index is 10.3. The molecule has 1 fully saturated rings. The van der Waals surface area contributed by atoms with E-state index in [0.29, 0.717) is 0 Å². The van der Waals surface area contributed by atoms with Crippen molar-refractivity contribution in [1.29, 1.82) is 0 Å². The van der Waals surface area contributed by atoms with Gasteiger partial charge in [0.25, 0.3) is 0 Å². The molecule has 0 radical (unpaired) electrons. The first-order chi connectivity index (χ1) is 7.59. The van der Waals surface area contributed by atoms with Crippen molar-refractivity contribution in [3.63, 3.8) is 0 Å². The number of hydrogen-bond acceptors (Lipinski definition) is 2. The standard InChI is InChI=1S/C13H18ClNO/c1-8-7-11(14)9(2)6-10(8)13(16)12-4-3-5-15-12/h6-7,12-13,15-16H,3-5H2,1-2H3. The molecule has 1 aliphatic heterocycles. The highest BCUT2D eigenvalue weighted by molar-refractivity contribution is 6.31. The molecule has 0 aromatic heterocycles. The van der Waals surface area contributed by atoms with Gasteiger partial charge in [0.15, 0.2) is 0 Å². The molecule has 16 heavy (non-hydrogen) atoms. The summed E-state index contributed by atoms with van der Waals surface area (Å²) >= 11 is 6.05. The minimum absolute atomic E-state index is 0.194. The Kier molecular flexibility index (Phi) is 3.53. The van der Waals surface area contributed by atoms with Gasteiger partial charge in [0.1, 0.15) is 0 Å². The summed E-state index contributed by atoms with van der Waals surface area (Å²) in [7, 11) is 0. The van der Waals surface area contributed by atoms with Crippen LogP contribution in [0.5, 0.6) is 0 Å². The van der Waals surface area contributed by atoms with Gasteiger partial charge in [-0.15, -0.1) is 0 Å². The summed E-state index contributed by atoms with van der Waals surface area (Å²) < 4.78 is 0. The Morgan fingerprint density at radius 1 is 1.38 bits per heavy atom. The molecule has 0 saturated carbocycles. The zero-order valence-corrected chi connectivity index (χ0v) is 10.5. The van der Waals surface area contributed by atoms with Gasteiger partial charge in [-0.1, -0.05) is 17.7 Å². The molecule has 88 valence electrons. The fourth-order valence-electron chi connectivity index (χ4n) is 2.32. The fraction of sp³-hybridized carbons (Fsp3) is 0.538. The first kappa shape index (κ1) is 11.9. The molecular weight excluding hydrogens is 222 g/mol. The van der Waals surface area contributed by atoms with Crippen LogP contribution in [0.15, 0.2) is 12.1 Å². The summed E-state index contributed by atoms with van der Waals surface area (Å²) in [6.07, 6.45) is 1.77. The Morgan fingerprint density at radius 2 is 2.12 bits per heavy atom. The highest BCUT2D eigenvalue weighted by Gasteiger charge is 2.25. The van der Waals surface area contributed by atoms with Gasteiger partial charge >= 0.3 is 0 Å². The van der Waals surface area contributed by atoms with E-state index in [4.69, 9.17) is 11.6 Å². The Morgan fingerprint density at radius 3 is 2.75 bits per heavy atom. The molecule has 0 amide bonds. The minimum atomic E-state index is -0.418. The molecule has 1 aliphatic rings. The van der Waals surface area contributed by atoms with Crippen molar-refractivity contribution < 1.29 is 5.11 Å². The maximum Gasteiger partial charge on any atom is 0.0945 e. The lowest BCUT2D eigenvalue weighted by Gasteiger charge is -2.21. The molecule has 0 spiro atoms. The van der Waals surface area contributed by atoms with Gasteiger partial charge < -0.3 is 10.4 Å². The van der Waals surface area contributed by atoms with E-state index in [9.17, 15) is 5.11 Å². The van der Waals surface area contributed by atoms with Crippen LogP contribution in [0.2, 0.25) is 5.02 Å². The van der Waals surface area contributed by atoms with Crippen LogP contribution in [-0.2, 0) is 0 Å². The second-order valence-corrected chi connectivity index (χ2v) is 5.01. The van der Waals surface area contributed by atoms with E-state index in [0.717, 1.165) is 41.1 Å². The molecule has 1 aromatic carbocycles. The smallest absolute Gasteiger partial charge is 0.0945 e. The average Bonchev–Trinajstić information content (AvgIpc) is 2.75. The summed E-state index contributed by atoms with van der Waals surface area (Å²) in [5.41, 5.74) is 3.09. The summed E-state index contributed by atoms with van der Waals surface area (Å²) in [4.78, 5) is 0. The molecule has 2 rings (SSSR count). The van der Waals surface area contributed by atoms with Crippen molar-refractivity contribution in [2.75, 3.05) is 6.54 Å². The van der Waals surface area contributed by atoms with Crippen molar-refractivity contribution in [3.8, 4) is 0 Å². The van der Waals surface area contributed by atoms with Crippen LogP contribution in [0.1, 0.15) is 35.6 Å². The van der Waals surface area contributed by atoms with Crippen LogP contribution < -0.4 is 5.32 Å². The summed E-state index contributed by atoms with van der Waals surface area (Å²) in [6, 6.07) is 4.13. The molecule has 2 atom stereocenters. The van der Waals surface area contributed by atoms with Gasteiger partial charge in [-0.05, 0) is 56.0 Å². The fourth-order valence-corrected chi connectivity index (χ4v) is 2.54. The Hall–Kier alpha value is -0.570. The van der Waals surface area contributed by atoms with E-state index in [1.165, 1.54) is 0 Å². The van der Waals surface area contributed by atoms with E-state index in [1.54, 1.807) is 0 Å². The monoisotopic (exact) mass is 239 g/mol. The van der Waals surface area contributed by atoms with Crippen LogP contribution in [0.4, 0.5) is 0 Å². The Labute approximate surface area is 102 Å². The lowest BCUT2D eigenvalue weighted by atomic mass is 9.95. The van der Waals surface area contributed by atoms with E-state index < -0.39 is 6.10 Å². The number of benzene rings is 1. The van der Waals surface area contributed by atoms with Crippen LogP contribution in [0.25, 0.3) is 0 Å². The van der Waals surface area contributed by atoms with Crippen molar-refractivity contribution in [1.82, 2.24) is 5.32 Å². The minimum Gasteiger partial charge on any atom is -0.387 e. The number of hydrogen-bond donors (Lipinski definition) is 2. The maximum atomic E-state index is 10.3. The highest BCUT2D eigenvalue weighted by Crippen LogP contribution is 2.29. The van der Waals surface area contributed by atoms with Gasteiger partial charge in [-0.25, -0.2) is 0 Å². The topological polar surface area (TPSA) is 32.3 Å². The third-order valence-electron chi connectivity index (χ3n) is 3.35. The first-order valence-corrected chi connectivity index (χ1v) is 6.15. The molecule has 0 bridgehead atoms. The zero-order valence-electron chi connectivity index (χ0n) is 9.76. The van der Waals surface area contributed by atoms with Crippen LogP contribution >= 0.6 is 11.6 Å². The molecule has 2 N–H and O–H groups in total. The van der Waals surface area contributed by atoms with E-state index in [-0.39, 0.29) is 6.04 Å². The molecule has 3 heteroatoms. The lowest BCUT2D eigenvalue weighted by Crippen LogP contribution is -2.29. The van der Waals surface area contributed by atoms with E-state index in [1.807, 2.05) is 26.0 Å². The molecular formula is C13H18ClNO. The van der Waals surface area contributed by atoms with Crippen molar-refractivity contribution in [2.45, 2.75) is 38.8 Å². The third kappa shape index (κ3) is 2.24. The van der Waals surface area contributed by atoms with Gasteiger partial charge in [0.2, 0.25) is 0 Å². The normalized spacial score (nSPS) is 22.4. The summed E-state index contributed by atoms with van der Waals surface area (Å²) in [5, 5.41) is 14.4. The predicted octanol–water partition coefficient (Wildman–Crippen LogP) is 2.74. The second-order valence-electron chi connectivity index (χ2n) is 4.61. The summed E-state index contributed by atoms with van der Waals surface area (Å²) in [6.45, 7) is 4.98. The van der Waals surface area contributed by atoms with Crippen molar-refractivity contribution >= 4 is 11.6 Å². The van der Waals surface area contributed by atoms with Gasteiger partial charge in [-0.2, -0.15) is 0 Å². The SMILES string of the molecule is Cc1cc(C(O)C2CCCN2)c(C)cc1Cl. The van der Waals surface area contributed by atoms with Gasteiger partial charge in [0.05, 0.1) is 6.10 Å². The molecule has 1 saturated heterocycles. The van der Waals surface area contributed by atoms with Gasteiger partial charge in [-0.3, -0.25) is 0 Å². The number of nitrogens with one attached hydrogen (secondary N) is 1. The molecule has 0 aliphatic carbocycles. The molecule has 2 nitrogen and oxygen atoms in total.